The van der Waals surface area contributed by atoms with Crippen LogP contribution in [0.25, 0.3) is 0 Å². The maximum atomic E-state index is 12.0. The zero-order valence-electron chi connectivity index (χ0n) is 11.8. The van der Waals surface area contributed by atoms with Gasteiger partial charge in [-0.15, -0.1) is 0 Å². The van der Waals surface area contributed by atoms with Crippen LogP contribution >= 0.6 is 11.6 Å². The minimum absolute atomic E-state index is 0.0264. The van der Waals surface area contributed by atoms with E-state index in [4.69, 9.17) is 16.7 Å². The molecular formula is C15H18ClN3O2. The summed E-state index contributed by atoms with van der Waals surface area (Å²) in [6, 6.07) is 7.25. The Bertz CT molecular complexity index is 581. The fourth-order valence-corrected chi connectivity index (χ4v) is 2.38. The van der Waals surface area contributed by atoms with Gasteiger partial charge in [-0.05, 0) is 43.4 Å². The van der Waals surface area contributed by atoms with Gasteiger partial charge in [0.15, 0.2) is 0 Å². The Morgan fingerprint density at radius 2 is 2.29 bits per heavy atom. The van der Waals surface area contributed by atoms with E-state index in [1.165, 1.54) is 0 Å². The number of carbonyl (C=O) groups is 1. The van der Waals surface area contributed by atoms with Gasteiger partial charge in [0.25, 0.3) is 0 Å². The van der Waals surface area contributed by atoms with Crippen LogP contribution in [0.5, 0.6) is 0 Å². The van der Waals surface area contributed by atoms with Crippen LogP contribution in [0.2, 0.25) is 5.02 Å². The van der Waals surface area contributed by atoms with Gasteiger partial charge in [0.05, 0.1) is 29.9 Å². The van der Waals surface area contributed by atoms with E-state index in [-0.39, 0.29) is 25.0 Å². The van der Waals surface area contributed by atoms with Gasteiger partial charge in [-0.3, -0.25) is 4.79 Å². The number of benzene rings is 1. The number of carbonyl (C=O) groups excluding carboxylic acids is 1. The molecule has 6 heteroatoms. The summed E-state index contributed by atoms with van der Waals surface area (Å²) in [5, 5.41) is 24.5. The molecule has 1 fully saturated rings. The van der Waals surface area contributed by atoms with Gasteiger partial charge in [0.2, 0.25) is 5.91 Å². The maximum absolute atomic E-state index is 12.0. The third-order valence-corrected chi connectivity index (χ3v) is 4.01. The van der Waals surface area contributed by atoms with Crippen LogP contribution in [0.15, 0.2) is 18.2 Å². The summed E-state index contributed by atoms with van der Waals surface area (Å²) in [5.41, 5.74) is 0.501. The summed E-state index contributed by atoms with van der Waals surface area (Å²) in [6.45, 7) is 1.69. The van der Waals surface area contributed by atoms with Crippen LogP contribution in [0.3, 0.4) is 0 Å². The lowest BCUT2D eigenvalue weighted by Gasteiger charge is -2.23. The Morgan fingerprint density at radius 1 is 1.57 bits per heavy atom. The summed E-state index contributed by atoms with van der Waals surface area (Å²) in [5.74, 6) is -0.0100. The van der Waals surface area contributed by atoms with Gasteiger partial charge in [-0.25, -0.2) is 0 Å². The molecule has 0 heterocycles. The van der Waals surface area contributed by atoms with E-state index in [2.05, 4.69) is 16.7 Å². The smallest absolute Gasteiger partial charge is 0.240 e. The molecule has 1 unspecified atom stereocenters. The van der Waals surface area contributed by atoms with Crippen LogP contribution in [0.4, 0.5) is 5.69 Å². The zero-order valence-corrected chi connectivity index (χ0v) is 12.6. The lowest BCUT2D eigenvalue weighted by molar-refractivity contribution is -0.120. The van der Waals surface area contributed by atoms with Crippen LogP contribution in [-0.4, -0.2) is 23.1 Å². The fourth-order valence-electron chi connectivity index (χ4n) is 2.20. The highest BCUT2D eigenvalue weighted by molar-refractivity contribution is 6.33. The SMILES string of the molecule is CC(C#N)(NC(=O)CNc1cc(CO)ccc1Cl)C1CC1. The number of hydrogen-bond acceptors (Lipinski definition) is 4. The lowest BCUT2D eigenvalue weighted by atomic mass is 9.98. The molecule has 1 aromatic carbocycles. The summed E-state index contributed by atoms with van der Waals surface area (Å²) in [4.78, 5) is 12.0. The molecule has 3 N–H and O–H groups in total. The minimum atomic E-state index is -0.796. The van der Waals surface area contributed by atoms with Gasteiger partial charge >= 0.3 is 0 Å². The molecule has 0 radical (unpaired) electrons. The topological polar surface area (TPSA) is 85.2 Å². The molecule has 112 valence electrons. The van der Waals surface area contributed by atoms with Crippen molar-refractivity contribution in [3.05, 3.63) is 28.8 Å². The maximum Gasteiger partial charge on any atom is 0.240 e. The second kappa shape index (κ2) is 6.33. The second-order valence-corrected chi connectivity index (χ2v) is 5.87. The van der Waals surface area contributed by atoms with Gasteiger partial charge in [-0.2, -0.15) is 5.26 Å². The Kier molecular flexibility index (Phi) is 4.71. The summed E-state index contributed by atoms with van der Waals surface area (Å²) < 4.78 is 0. The predicted octanol–water partition coefficient (Wildman–Crippen LogP) is 2.05. The van der Waals surface area contributed by atoms with Crippen molar-refractivity contribution in [3.8, 4) is 6.07 Å². The number of amides is 1. The molecule has 2 rings (SSSR count). The number of aliphatic hydroxyl groups is 1. The molecule has 0 bridgehead atoms. The fraction of sp³-hybridized carbons (Fsp3) is 0.467. The van der Waals surface area contributed by atoms with E-state index >= 15 is 0 Å². The molecule has 5 nitrogen and oxygen atoms in total. The van der Waals surface area contributed by atoms with Crippen molar-refractivity contribution in [2.45, 2.75) is 31.9 Å². The first-order valence-corrected chi connectivity index (χ1v) is 7.21. The summed E-state index contributed by atoms with van der Waals surface area (Å²) >= 11 is 6.03. The van der Waals surface area contributed by atoms with Crippen molar-refractivity contribution in [1.29, 1.82) is 5.26 Å². The van der Waals surface area contributed by atoms with Gasteiger partial charge < -0.3 is 15.7 Å². The molecule has 0 spiro atoms. The molecule has 1 amide bonds. The largest absolute Gasteiger partial charge is 0.392 e. The van der Waals surface area contributed by atoms with Crippen LogP contribution in [0, 0.1) is 17.2 Å². The number of nitrogens with one attached hydrogen (secondary N) is 2. The monoisotopic (exact) mass is 307 g/mol. The molecule has 21 heavy (non-hydrogen) atoms. The minimum Gasteiger partial charge on any atom is -0.392 e. The number of anilines is 1. The van der Waals surface area contributed by atoms with Crippen molar-refractivity contribution in [2.24, 2.45) is 5.92 Å². The first-order valence-electron chi connectivity index (χ1n) is 6.84. The Hall–Kier alpha value is -1.77. The van der Waals surface area contributed by atoms with Crippen molar-refractivity contribution in [1.82, 2.24) is 5.32 Å². The van der Waals surface area contributed by atoms with E-state index in [0.717, 1.165) is 12.8 Å². The standard InChI is InChI=1S/C15H18ClN3O2/c1-15(9-17,11-3-4-11)19-14(21)7-18-13-6-10(8-20)2-5-12(13)16/h2,5-6,11,18,20H,3-4,7-8H2,1H3,(H,19,21). The third kappa shape index (κ3) is 3.87. The van der Waals surface area contributed by atoms with Gasteiger partial charge in [0, 0.05) is 0 Å². The molecule has 1 aliphatic carbocycles. The van der Waals surface area contributed by atoms with Crippen molar-refractivity contribution >= 4 is 23.2 Å². The Labute approximate surface area is 128 Å². The number of hydrogen-bond donors (Lipinski definition) is 3. The van der Waals surface area contributed by atoms with E-state index in [9.17, 15) is 10.1 Å². The molecule has 0 aromatic heterocycles. The summed E-state index contributed by atoms with van der Waals surface area (Å²) in [6.07, 6.45) is 1.95. The van der Waals surface area contributed by atoms with Crippen molar-refractivity contribution in [2.75, 3.05) is 11.9 Å². The highest BCUT2D eigenvalue weighted by atomic mass is 35.5. The lowest BCUT2D eigenvalue weighted by Crippen LogP contribution is -2.48. The highest BCUT2D eigenvalue weighted by Crippen LogP contribution is 2.39. The first-order chi connectivity index (χ1) is 9.98. The third-order valence-electron chi connectivity index (χ3n) is 3.68. The molecule has 1 aromatic rings. The predicted molar refractivity (Wildman–Crippen MR) is 80.7 cm³/mol. The Balaban J connectivity index is 1.94. The van der Waals surface area contributed by atoms with Gasteiger partial charge in [0.1, 0.15) is 5.54 Å². The number of halogens is 1. The number of aliphatic hydroxyl groups excluding tert-OH is 1. The highest BCUT2D eigenvalue weighted by Gasteiger charge is 2.42. The van der Waals surface area contributed by atoms with Gasteiger partial charge in [-0.1, -0.05) is 17.7 Å². The Morgan fingerprint density at radius 3 is 2.86 bits per heavy atom. The van der Waals surface area contributed by atoms with E-state index in [1.807, 2.05) is 0 Å². The van der Waals surface area contributed by atoms with Crippen LogP contribution < -0.4 is 10.6 Å². The number of nitriles is 1. The van der Waals surface area contributed by atoms with Crippen molar-refractivity contribution in [3.63, 3.8) is 0 Å². The van der Waals surface area contributed by atoms with E-state index < -0.39 is 5.54 Å². The molecule has 0 saturated heterocycles. The molecule has 0 aliphatic heterocycles. The quantitative estimate of drug-likeness (QED) is 0.751. The average Bonchev–Trinajstić information content (AvgIpc) is 3.31. The first kappa shape index (κ1) is 15.6. The zero-order chi connectivity index (χ0) is 15.5. The van der Waals surface area contributed by atoms with Crippen LogP contribution in [0.1, 0.15) is 25.3 Å². The normalized spacial score (nSPS) is 16.7. The molecule has 1 aliphatic rings. The van der Waals surface area contributed by atoms with E-state index in [1.54, 1.807) is 25.1 Å². The summed E-state index contributed by atoms with van der Waals surface area (Å²) in [7, 11) is 0. The number of nitrogens with zero attached hydrogens (tertiary/aromatic N) is 1. The average molecular weight is 308 g/mol. The second-order valence-electron chi connectivity index (χ2n) is 5.46. The molecular weight excluding hydrogens is 290 g/mol. The van der Waals surface area contributed by atoms with Crippen LogP contribution in [-0.2, 0) is 11.4 Å². The molecule has 1 atom stereocenters. The van der Waals surface area contributed by atoms with E-state index in [0.29, 0.717) is 16.3 Å². The van der Waals surface area contributed by atoms with Crippen molar-refractivity contribution < 1.29 is 9.90 Å². The molecule has 1 saturated carbocycles. The number of rotatable bonds is 6.